The summed E-state index contributed by atoms with van der Waals surface area (Å²) >= 11 is 0. The molecule has 1 aromatic rings. The Balaban J connectivity index is 0.00000242. The van der Waals surface area contributed by atoms with Crippen LogP contribution >= 0.6 is 0 Å². The van der Waals surface area contributed by atoms with Gasteiger partial charge in [-0.05, 0) is 19.1 Å². The minimum Gasteiger partial charge on any atom is -0.508 e. The molecule has 1 aliphatic heterocycles. The summed E-state index contributed by atoms with van der Waals surface area (Å²) in [6, 6.07) is 4.32. The Bertz CT molecular complexity index is 664. The molecule has 2 radical (unpaired) electrons. The van der Waals surface area contributed by atoms with Gasteiger partial charge in [0.1, 0.15) is 24.5 Å². The van der Waals surface area contributed by atoms with Gasteiger partial charge in [-0.2, -0.15) is 8.42 Å². The topological polar surface area (TPSA) is 105 Å². The number of phenolic OH excluding ortho intramolecular Hbond substituents is 1. The SMILES string of the molecule is Cc1c(O)cccc1C1=N[C@H](C(CO)OS(C)(=O)=O)CO1.[Ac].[Ac]. The van der Waals surface area contributed by atoms with Crippen LogP contribution in [0.2, 0.25) is 0 Å². The van der Waals surface area contributed by atoms with Crippen LogP contribution in [0.5, 0.6) is 5.75 Å². The van der Waals surface area contributed by atoms with Crippen LogP contribution in [0.15, 0.2) is 23.2 Å². The molecule has 1 aliphatic rings. The Hall–Kier alpha value is 1.24. The van der Waals surface area contributed by atoms with Crippen molar-refractivity contribution in [2.24, 2.45) is 4.99 Å². The molecule has 0 fully saturated rings. The van der Waals surface area contributed by atoms with Crippen LogP contribution in [-0.4, -0.2) is 56.1 Å². The van der Waals surface area contributed by atoms with Gasteiger partial charge in [-0.3, -0.25) is 4.18 Å². The third kappa shape index (κ3) is 6.81. The summed E-state index contributed by atoms with van der Waals surface area (Å²) in [5.74, 6) is 0.414. The first-order chi connectivity index (χ1) is 9.81. The molecule has 2 N–H and O–H groups in total. The fraction of sp³-hybridized carbons (Fsp3) is 0.462. The first-order valence-electron chi connectivity index (χ1n) is 6.30. The van der Waals surface area contributed by atoms with Gasteiger partial charge in [0.2, 0.25) is 5.90 Å². The van der Waals surface area contributed by atoms with Crippen molar-refractivity contribution < 1.29 is 116 Å². The molecule has 0 spiro atoms. The normalized spacial score (nSPS) is 18.2. The number of hydrogen-bond acceptors (Lipinski definition) is 7. The van der Waals surface area contributed by atoms with Crippen molar-refractivity contribution in [3.63, 3.8) is 0 Å². The van der Waals surface area contributed by atoms with Gasteiger partial charge in [-0.1, -0.05) is 6.07 Å². The Morgan fingerprint density at radius 1 is 1.43 bits per heavy atom. The van der Waals surface area contributed by atoms with E-state index in [2.05, 4.69) is 4.99 Å². The molecule has 7 nitrogen and oxygen atoms in total. The number of phenols is 1. The van der Waals surface area contributed by atoms with Crippen LogP contribution in [0.4, 0.5) is 0 Å². The molecule has 0 aliphatic carbocycles. The Morgan fingerprint density at radius 3 is 2.65 bits per heavy atom. The third-order valence-corrected chi connectivity index (χ3v) is 3.71. The number of aromatic hydroxyl groups is 1. The second-order valence-electron chi connectivity index (χ2n) is 4.78. The number of hydrogen-bond donors (Lipinski definition) is 2. The standard InChI is InChI=1S/C13H17NO6S.2Ac/c1-8-9(4-3-5-11(8)16)13-14-10(7-19-13)12(6-15)20-21(2,17)18;;/h3-5,10,12,15-16H,6-7H2,1-2H3;;/t10-,12?;;/m0../s1. The second kappa shape index (κ2) is 10.4. The maximum Gasteiger partial charge on any atom is 0.264 e. The van der Waals surface area contributed by atoms with Gasteiger partial charge in [0.15, 0.2) is 0 Å². The number of rotatable bonds is 5. The maximum atomic E-state index is 11.2. The van der Waals surface area contributed by atoms with Gasteiger partial charge in [-0.15, -0.1) is 0 Å². The molecule has 1 aromatic carbocycles. The van der Waals surface area contributed by atoms with Crippen LogP contribution < -0.4 is 0 Å². The Morgan fingerprint density at radius 2 is 2.09 bits per heavy atom. The first kappa shape index (κ1) is 24.2. The zero-order valence-corrected chi connectivity index (χ0v) is 23.1. The number of ether oxygens (including phenoxy) is 1. The van der Waals surface area contributed by atoms with Gasteiger partial charge in [0.05, 0.1) is 12.9 Å². The fourth-order valence-electron chi connectivity index (χ4n) is 2.02. The van der Waals surface area contributed by atoms with E-state index >= 15 is 0 Å². The molecule has 122 valence electrons. The molecule has 2 atom stereocenters. The predicted octanol–water partition coefficient (Wildman–Crippen LogP) is 0.183. The molecule has 0 aromatic heterocycles. The number of aliphatic imine (C=N–C) groups is 1. The van der Waals surface area contributed by atoms with Crippen LogP contribution in [0.1, 0.15) is 11.1 Å². The van der Waals surface area contributed by atoms with E-state index < -0.39 is 28.9 Å². The van der Waals surface area contributed by atoms with Crippen molar-refractivity contribution in [1.29, 1.82) is 0 Å². The van der Waals surface area contributed by atoms with Gasteiger partial charge >= 0.3 is 0 Å². The quantitative estimate of drug-likeness (QED) is 0.415. The minimum absolute atomic E-state index is 0. The van der Waals surface area contributed by atoms with Crippen molar-refractivity contribution in [2.75, 3.05) is 19.5 Å². The molecular formula is C13H17Ac2NO6S. The van der Waals surface area contributed by atoms with E-state index in [0.717, 1.165) is 6.26 Å². The van der Waals surface area contributed by atoms with Crippen molar-refractivity contribution in [3.05, 3.63) is 29.3 Å². The van der Waals surface area contributed by atoms with E-state index in [1.54, 1.807) is 25.1 Å². The predicted molar refractivity (Wildman–Crippen MR) is 75.9 cm³/mol. The van der Waals surface area contributed by atoms with Gasteiger partial charge < -0.3 is 14.9 Å². The van der Waals surface area contributed by atoms with E-state index in [1.807, 2.05) is 0 Å². The zero-order chi connectivity index (χ0) is 15.6. The molecule has 0 saturated heterocycles. The zero-order valence-electron chi connectivity index (χ0n) is 12.8. The molecule has 0 bridgehead atoms. The summed E-state index contributed by atoms with van der Waals surface area (Å²) in [4.78, 5) is 4.25. The van der Waals surface area contributed by atoms with Crippen LogP contribution in [0, 0.1) is 95.0 Å². The van der Waals surface area contributed by atoms with Gasteiger partial charge in [0, 0.05) is 99.3 Å². The monoisotopic (exact) mass is 769 g/mol. The Kier molecular flexibility index (Phi) is 11.0. The smallest absolute Gasteiger partial charge is 0.264 e. The average Bonchev–Trinajstić information content (AvgIpc) is 2.87. The fourth-order valence-corrected chi connectivity index (χ4v) is 2.66. The largest absolute Gasteiger partial charge is 0.508 e. The Labute approximate surface area is 207 Å². The van der Waals surface area contributed by atoms with E-state index in [0.29, 0.717) is 17.0 Å². The average molecular weight is 769 g/mol. The van der Waals surface area contributed by atoms with E-state index in [4.69, 9.17) is 8.92 Å². The van der Waals surface area contributed by atoms with E-state index in [1.165, 1.54) is 0 Å². The van der Waals surface area contributed by atoms with E-state index in [-0.39, 0.29) is 100 Å². The van der Waals surface area contributed by atoms with Gasteiger partial charge in [0.25, 0.3) is 10.1 Å². The molecule has 0 amide bonds. The summed E-state index contributed by atoms with van der Waals surface area (Å²) in [6.07, 6.45) is -0.0785. The van der Waals surface area contributed by atoms with Crippen LogP contribution in [-0.2, 0) is 19.0 Å². The first-order valence-corrected chi connectivity index (χ1v) is 8.12. The van der Waals surface area contributed by atoms with Crippen molar-refractivity contribution in [3.8, 4) is 5.75 Å². The summed E-state index contributed by atoms with van der Waals surface area (Å²) in [7, 11) is -3.69. The molecule has 10 heteroatoms. The molecule has 1 heterocycles. The minimum atomic E-state index is -3.69. The molecule has 1 unspecified atom stereocenters. The summed E-state index contributed by atoms with van der Waals surface area (Å²) in [6.45, 7) is 1.34. The van der Waals surface area contributed by atoms with Gasteiger partial charge in [-0.25, -0.2) is 4.99 Å². The molecule has 0 saturated carbocycles. The number of aliphatic hydroxyl groups excluding tert-OH is 1. The second-order valence-corrected chi connectivity index (χ2v) is 6.38. The summed E-state index contributed by atoms with van der Waals surface area (Å²) in [5, 5.41) is 18.9. The summed E-state index contributed by atoms with van der Waals surface area (Å²) < 4.78 is 32.5. The number of benzene rings is 1. The number of aliphatic hydroxyl groups is 1. The van der Waals surface area contributed by atoms with Crippen LogP contribution in [0.3, 0.4) is 0 Å². The van der Waals surface area contributed by atoms with Crippen molar-refractivity contribution in [1.82, 2.24) is 0 Å². The molecular weight excluding hydrogens is 752 g/mol. The van der Waals surface area contributed by atoms with Crippen LogP contribution in [0.25, 0.3) is 0 Å². The maximum absolute atomic E-state index is 11.2. The summed E-state index contributed by atoms with van der Waals surface area (Å²) in [5.41, 5.74) is 1.23. The molecule has 23 heavy (non-hydrogen) atoms. The van der Waals surface area contributed by atoms with Crippen molar-refractivity contribution in [2.45, 2.75) is 19.1 Å². The van der Waals surface area contributed by atoms with E-state index in [9.17, 15) is 18.6 Å². The van der Waals surface area contributed by atoms with Crippen molar-refractivity contribution >= 4 is 16.0 Å². The number of nitrogens with zero attached hydrogens (tertiary/aromatic N) is 1. The third-order valence-electron chi connectivity index (χ3n) is 3.12. The molecule has 2 rings (SSSR count).